The molecule has 0 aromatic heterocycles. The molecule has 2 heteroatoms. The van der Waals surface area contributed by atoms with Gasteiger partial charge in [0.05, 0.1) is 7.80 Å². The fourth-order valence-corrected chi connectivity index (χ4v) is 8.20. The second kappa shape index (κ2) is 3.37. The van der Waals surface area contributed by atoms with Gasteiger partial charge in [0, 0.05) is 10.3 Å². The molecule has 92 valence electrons. The van der Waals surface area contributed by atoms with E-state index in [2.05, 4.69) is 20.8 Å². The Morgan fingerprint density at radius 2 is 1.31 bits per heavy atom. The maximum Gasteiger partial charge on any atom is 0.0871 e. The molecular formula is C14H25OP. The topological polar surface area (TPSA) is 17.1 Å². The van der Waals surface area contributed by atoms with Crippen molar-refractivity contribution >= 4 is 7.80 Å². The molecule has 4 rings (SSSR count). The van der Waals surface area contributed by atoms with Gasteiger partial charge in [-0.1, -0.05) is 20.8 Å². The maximum atomic E-state index is 12.9. The summed E-state index contributed by atoms with van der Waals surface area (Å²) in [6.45, 7) is 6.56. The minimum atomic E-state index is -1.45. The van der Waals surface area contributed by atoms with Crippen molar-refractivity contribution < 1.29 is 4.57 Å². The molecule has 1 nitrogen and oxygen atoms in total. The predicted molar refractivity (Wildman–Crippen MR) is 69.7 cm³/mol. The molecule has 0 N–H and O–H groups in total. The molecule has 16 heavy (non-hydrogen) atoms. The average Bonchev–Trinajstić information content (AvgIpc) is 2.12. The van der Waals surface area contributed by atoms with E-state index in [4.69, 9.17) is 0 Å². The van der Waals surface area contributed by atoms with Crippen LogP contribution in [0.4, 0.5) is 0 Å². The fraction of sp³-hybridized carbons (Fsp3) is 1.00. The minimum Gasteiger partial charge on any atom is -0.326 e. The van der Waals surface area contributed by atoms with Gasteiger partial charge in [-0.15, -0.1) is 0 Å². The predicted octanol–water partition coefficient (Wildman–Crippen LogP) is 4.31. The first-order chi connectivity index (χ1) is 7.39. The van der Waals surface area contributed by atoms with Crippen LogP contribution in [-0.4, -0.2) is 10.3 Å². The van der Waals surface area contributed by atoms with E-state index in [-0.39, 0.29) is 10.3 Å². The van der Waals surface area contributed by atoms with Crippen LogP contribution in [0, 0.1) is 17.8 Å². The van der Waals surface area contributed by atoms with Gasteiger partial charge in [0.15, 0.2) is 0 Å². The highest BCUT2D eigenvalue weighted by atomic mass is 31.1. The molecule has 4 aliphatic carbocycles. The third kappa shape index (κ3) is 1.62. The molecule has 0 aromatic rings. The van der Waals surface area contributed by atoms with Crippen LogP contribution in [0.5, 0.6) is 0 Å². The quantitative estimate of drug-likeness (QED) is 0.624. The average molecular weight is 240 g/mol. The lowest BCUT2D eigenvalue weighted by Gasteiger charge is -2.57. The van der Waals surface area contributed by atoms with E-state index in [1.54, 1.807) is 0 Å². The van der Waals surface area contributed by atoms with Gasteiger partial charge in [-0.05, 0) is 56.3 Å². The van der Waals surface area contributed by atoms with Crippen LogP contribution in [0.3, 0.4) is 0 Å². The van der Waals surface area contributed by atoms with Crippen LogP contribution < -0.4 is 0 Å². The van der Waals surface area contributed by atoms with Gasteiger partial charge < -0.3 is 4.57 Å². The lowest BCUT2D eigenvalue weighted by molar-refractivity contribution is 0.0336. The Balaban J connectivity index is 1.91. The molecule has 4 fully saturated rings. The number of hydrogen-bond acceptors (Lipinski definition) is 1. The summed E-state index contributed by atoms with van der Waals surface area (Å²) in [5.74, 6) is 2.80. The van der Waals surface area contributed by atoms with Crippen molar-refractivity contribution in [2.24, 2.45) is 17.8 Å². The lowest BCUT2D eigenvalue weighted by atomic mass is 9.56. The van der Waals surface area contributed by atoms with Crippen LogP contribution in [0.1, 0.15) is 59.3 Å². The zero-order valence-corrected chi connectivity index (χ0v) is 11.9. The van der Waals surface area contributed by atoms with Crippen LogP contribution >= 0.6 is 7.80 Å². The largest absolute Gasteiger partial charge is 0.326 e. The van der Waals surface area contributed by atoms with Crippen LogP contribution in [0.15, 0.2) is 0 Å². The van der Waals surface area contributed by atoms with E-state index in [1.165, 1.54) is 38.5 Å². The van der Waals surface area contributed by atoms with Crippen molar-refractivity contribution in [2.75, 3.05) is 0 Å². The Morgan fingerprint density at radius 1 is 0.938 bits per heavy atom. The molecule has 0 aliphatic heterocycles. The molecule has 0 saturated heterocycles. The normalized spacial score (nSPS) is 48.3. The molecule has 4 bridgehead atoms. The maximum absolute atomic E-state index is 12.9. The van der Waals surface area contributed by atoms with Crippen LogP contribution in [-0.2, 0) is 4.57 Å². The molecule has 4 aliphatic rings. The van der Waals surface area contributed by atoms with Crippen LogP contribution in [0.2, 0.25) is 0 Å². The van der Waals surface area contributed by atoms with Gasteiger partial charge in [-0.3, -0.25) is 0 Å². The highest BCUT2D eigenvalue weighted by Gasteiger charge is 2.55. The summed E-state index contributed by atoms with van der Waals surface area (Å²) in [6.07, 6.45) is 8.27. The van der Waals surface area contributed by atoms with Crippen molar-refractivity contribution in [3.05, 3.63) is 0 Å². The van der Waals surface area contributed by atoms with Crippen molar-refractivity contribution in [3.8, 4) is 0 Å². The van der Waals surface area contributed by atoms with E-state index in [0.29, 0.717) is 0 Å². The summed E-state index contributed by atoms with van der Waals surface area (Å²) in [5.41, 5.74) is 0. The molecule has 4 saturated carbocycles. The summed E-state index contributed by atoms with van der Waals surface area (Å²) in [5, 5.41) is 0.341. The van der Waals surface area contributed by atoms with Crippen molar-refractivity contribution in [3.63, 3.8) is 0 Å². The lowest BCUT2D eigenvalue weighted by Crippen LogP contribution is -2.49. The number of hydrogen-bond donors (Lipinski definition) is 0. The van der Waals surface area contributed by atoms with Crippen LogP contribution in [0.25, 0.3) is 0 Å². The van der Waals surface area contributed by atoms with Gasteiger partial charge in [-0.25, -0.2) is 0 Å². The molecule has 0 aromatic carbocycles. The van der Waals surface area contributed by atoms with E-state index in [1.807, 2.05) is 0 Å². The Kier molecular flexibility index (Phi) is 2.39. The molecule has 0 amide bonds. The third-order valence-corrected chi connectivity index (χ3v) is 8.14. The second-order valence-electron chi connectivity index (χ2n) is 7.78. The summed E-state index contributed by atoms with van der Waals surface area (Å²) in [7, 11) is -1.45. The second-order valence-corrected chi connectivity index (χ2v) is 11.0. The van der Waals surface area contributed by atoms with E-state index in [0.717, 1.165) is 17.8 Å². The molecular weight excluding hydrogens is 215 g/mol. The van der Waals surface area contributed by atoms with E-state index >= 15 is 0 Å². The fourth-order valence-electron chi connectivity index (χ4n) is 5.18. The summed E-state index contributed by atoms with van der Waals surface area (Å²) in [6, 6.07) is 0. The van der Waals surface area contributed by atoms with Gasteiger partial charge in [0.25, 0.3) is 0 Å². The van der Waals surface area contributed by atoms with E-state index < -0.39 is 7.80 Å². The Bertz CT molecular complexity index is 291. The minimum absolute atomic E-state index is 0.0519. The Labute approximate surface area is 100 Å². The molecule has 1 unspecified atom stereocenters. The van der Waals surface area contributed by atoms with E-state index in [9.17, 15) is 4.57 Å². The molecule has 0 radical (unpaired) electrons. The first-order valence-corrected chi connectivity index (χ1v) is 8.35. The monoisotopic (exact) mass is 240 g/mol. The van der Waals surface area contributed by atoms with Gasteiger partial charge in [-0.2, -0.15) is 0 Å². The first-order valence-electron chi connectivity index (χ1n) is 6.94. The zero-order chi connectivity index (χ0) is 11.6. The number of rotatable bonds is 1. The zero-order valence-electron chi connectivity index (χ0n) is 10.9. The van der Waals surface area contributed by atoms with Crippen molar-refractivity contribution in [1.29, 1.82) is 0 Å². The SMILES string of the molecule is CC(C)(C)[PH](=O)C12CC3CC(CC(C3)C1)C2. The van der Waals surface area contributed by atoms with Gasteiger partial charge in [0.1, 0.15) is 0 Å². The Hall–Kier alpha value is 0.230. The summed E-state index contributed by atoms with van der Waals surface area (Å²) < 4.78 is 12.9. The summed E-state index contributed by atoms with van der Waals surface area (Å²) >= 11 is 0. The third-order valence-electron chi connectivity index (χ3n) is 5.20. The highest BCUT2D eigenvalue weighted by molar-refractivity contribution is 7.48. The van der Waals surface area contributed by atoms with Gasteiger partial charge >= 0.3 is 0 Å². The van der Waals surface area contributed by atoms with Crippen molar-refractivity contribution in [1.82, 2.24) is 0 Å². The Morgan fingerprint density at radius 3 is 1.62 bits per heavy atom. The molecule has 1 atom stereocenters. The van der Waals surface area contributed by atoms with Crippen molar-refractivity contribution in [2.45, 2.75) is 69.6 Å². The molecule has 0 spiro atoms. The molecule has 0 heterocycles. The van der Waals surface area contributed by atoms with Gasteiger partial charge in [0.2, 0.25) is 0 Å². The first kappa shape index (κ1) is 11.3. The summed E-state index contributed by atoms with van der Waals surface area (Å²) in [4.78, 5) is 0. The standard InChI is InChI=1S/C14H25OP/c1-13(2,3)16(15)14-7-10-4-11(8-14)6-12(5-10)9-14/h10-12,16H,4-9H2,1-3H3. The highest BCUT2D eigenvalue weighted by Crippen LogP contribution is 2.67. The smallest absolute Gasteiger partial charge is 0.0871 e.